The Labute approximate surface area is 204 Å². The van der Waals surface area contributed by atoms with E-state index in [-0.39, 0.29) is 36.0 Å². The Hall–Kier alpha value is -2.81. The first-order chi connectivity index (χ1) is 16.4. The summed E-state index contributed by atoms with van der Waals surface area (Å²) in [4.78, 5) is 42.0. The number of benzene rings is 1. The molecular weight excluding hydrogens is 450 g/mol. The highest BCUT2D eigenvalue weighted by Crippen LogP contribution is 2.28. The fourth-order valence-electron chi connectivity index (χ4n) is 4.86. The molecule has 3 amide bonds. The second-order valence-corrected chi connectivity index (χ2v) is 10.1. The van der Waals surface area contributed by atoms with E-state index in [0.29, 0.717) is 25.2 Å². The molecule has 1 fully saturated rings. The van der Waals surface area contributed by atoms with Crippen molar-refractivity contribution >= 4 is 29.5 Å². The van der Waals surface area contributed by atoms with Gasteiger partial charge in [0.1, 0.15) is 11.2 Å². The number of hydrogen-bond acceptors (Lipinski definition) is 5. The molecule has 1 atom stereocenters. The lowest BCUT2D eigenvalue weighted by molar-refractivity contribution is -0.133. The van der Waals surface area contributed by atoms with Gasteiger partial charge in [0, 0.05) is 30.1 Å². The van der Waals surface area contributed by atoms with Crippen molar-refractivity contribution in [1.29, 1.82) is 0 Å². The molecule has 0 saturated heterocycles. The van der Waals surface area contributed by atoms with Gasteiger partial charge in [-0.05, 0) is 57.1 Å². The molecule has 2 heterocycles. The first kappa shape index (κ1) is 24.3. The summed E-state index contributed by atoms with van der Waals surface area (Å²) >= 11 is 1.69. The molecule has 8 nitrogen and oxygen atoms in total. The summed E-state index contributed by atoms with van der Waals surface area (Å²) in [5, 5.41) is 10.4. The minimum absolute atomic E-state index is 0.158. The monoisotopic (exact) mass is 483 g/mol. The predicted octanol–water partition coefficient (Wildman–Crippen LogP) is 2.87. The van der Waals surface area contributed by atoms with Crippen LogP contribution < -0.4 is 10.6 Å². The van der Waals surface area contributed by atoms with Crippen LogP contribution in [0.15, 0.2) is 35.2 Å². The van der Waals surface area contributed by atoms with E-state index in [4.69, 9.17) is 0 Å². The number of carbonyl (C=O) groups is 3. The van der Waals surface area contributed by atoms with Crippen LogP contribution in [-0.4, -0.2) is 63.3 Å². The van der Waals surface area contributed by atoms with Gasteiger partial charge in [0.05, 0.1) is 6.54 Å². The van der Waals surface area contributed by atoms with Crippen molar-refractivity contribution in [1.82, 2.24) is 25.3 Å². The number of carbonyl (C=O) groups excluding carboxylic acids is 3. The Morgan fingerprint density at radius 2 is 1.91 bits per heavy atom. The van der Waals surface area contributed by atoms with Crippen LogP contribution >= 0.6 is 11.8 Å². The Kier molecular flexibility index (Phi) is 7.30. The van der Waals surface area contributed by atoms with E-state index in [1.807, 2.05) is 13.2 Å². The van der Waals surface area contributed by atoms with E-state index in [2.05, 4.69) is 40.0 Å². The number of hydrogen-bond donors (Lipinski definition) is 2. The van der Waals surface area contributed by atoms with Crippen LogP contribution in [0, 0.1) is 0 Å². The van der Waals surface area contributed by atoms with Gasteiger partial charge in [0.2, 0.25) is 5.91 Å². The van der Waals surface area contributed by atoms with Gasteiger partial charge in [0.15, 0.2) is 5.69 Å². The summed E-state index contributed by atoms with van der Waals surface area (Å²) in [6.45, 7) is 4.73. The van der Waals surface area contributed by atoms with Gasteiger partial charge in [-0.25, -0.2) is 0 Å². The van der Waals surface area contributed by atoms with Crippen molar-refractivity contribution < 1.29 is 14.4 Å². The summed E-state index contributed by atoms with van der Waals surface area (Å²) in [6.07, 6.45) is 6.92. The summed E-state index contributed by atoms with van der Waals surface area (Å²) in [5.41, 5.74) is 0.618. The third-order valence-electron chi connectivity index (χ3n) is 6.88. The molecule has 4 rings (SSSR count). The van der Waals surface area contributed by atoms with Crippen LogP contribution in [0.5, 0.6) is 0 Å². The number of aromatic nitrogens is 2. The molecule has 0 unspecified atom stereocenters. The predicted molar refractivity (Wildman–Crippen MR) is 132 cm³/mol. The fourth-order valence-corrected chi connectivity index (χ4v) is 5.27. The average molecular weight is 484 g/mol. The summed E-state index contributed by atoms with van der Waals surface area (Å²) in [5.74, 6) is -0.761. The molecule has 9 heteroatoms. The number of fused-ring (bicyclic) bond motifs is 1. The third kappa shape index (κ3) is 4.85. The van der Waals surface area contributed by atoms with Gasteiger partial charge in [-0.3, -0.25) is 19.1 Å². The molecule has 1 aromatic heterocycles. The van der Waals surface area contributed by atoms with Crippen molar-refractivity contribution in [2.75, 3.05) is 19.3 Å². The molecule has 1 aliphatic carbocycles. The van der Waals surface area contributed by atoms with Crippen LogP contribution in [0.25, 0.3) is 0 Å². The average Bonchev–Trinajstić information content (AvgIpc) is 3.49. The Morgan fingerprint density at radius 1 is 1.21 bits per heavy atom. The van der Waals surface area contributed by atoms with E-state index >= 15 is 0 Å². The maximum absolute atomic E-state index is 13.2. The lowest BCUT2D eigenvalue weighted by Gasteiger charge is -2.43. The number of likely N-dealkylation sites (N-methyl/N-ethyl adjacent to an activating group) is 1. The maximum atomic E-state index is 13.2. The molecule has 0 spiro atoms. The van der Waals surface area contributed by atoms with Crippen molar-refractivity contribution in [3.8, 4) is 0 Å². The second kappa shape index (κ2) is 10.2. The lowest BCUT2D eigenvalue weighted by Crippen LogP contribution is -2.64. The summed E-state index contributed by atoms with van der Waals surface area (Å²) in [6, 6.07) is 9.94. The molecular formula is C25H33N5O3S. The standard InChI is InChI=1S/C25H33N5O3S/c1-4-29-23(32)21-15-20(22(31)26-14-13-17-9-11-19(34-3)12-10-17)28-30(21)16-25(29,2)24(33)27-18-7-5-6-8-18/h9-12,15,18H,4-8,13-14,16H2,1-3H3,(H,26,31)(H,27,33)/t25-/m1/s1. The molecule has 1 saturated carbocycles. The zero-order valence-corrected chi connectivity index (χ0v) is 20.9. The van der Waals surface area contributed by atoms with Crippen molar-refractivity contribution in [3.05, 3.63) is 47.3 Å². The fraction of sp³-hybridized carbons (Fsp3) is 0.520. The number of nitrogens with one attached hydrogen (secondary N) is 2. The number of nitrogens with zero attached hydrogens (tertiary/aromatic N) is 3. The van der Waals surface area contributed by atoms with Crippen LogP contribution in [-0.2, 0) is 17.8 Å². The first-order valence-corrected chi connectivity index (χ1v) is 13.2. The van der Waals surface area contributed by atoms with Crippen LogP contribution in [0.3, 0.4) is 0 Å². The Balaban J connectivity index is 1.44. The van der Waals surface area contributed by atoms with Crippen molar-refractivity contribution in [3.63, 3.8) is 0 Å². The van der Waals surface area contributed by atoms with E-state index in [1.54, 1.807) is 23.6 Å². The highest BCUT2D eigenvalue weighted by molar-refractivity contribution is 7.98. The second-order valence-electron chi connectivity index (χ2n) is 9.20. The van der Waals surface area contributed by atoms with Crippen molar-refractivity contribution in [2.45, 2.75) is 69.0 Å². The van der Waals surface area contributed by atoms with Crippen molar-refractivity contribution in [2.24, 2.45) is 0 Å². The van der Waals surface area contributed by atoms with E-state index in [1.165, 1.54) is 15.6 Å². The summed E-state index contributed by atoms with van der Waals surface area (Å²) in [7, 11) is 0. The number of thioether (sulfide) groups is 1. The summed E-state index contributed by atoms with van der Waals surface area (Å²) < 4.78 is 1.51. The smallest absolute Gasteiger partial charge is 0.273 e. The zero-order chi connectivity index (χ0) is 24.3. The number of rotatable bonds is 8. The molecule has 2 aromatic rings. The molecule has 0 bridgehead atoms. The SMILES string of the molecule is CCN1C(=O)c2cc(C(=O)NCCc3ccc(SC)cc3)nn2C[C@]1(C)C(=O)NC1CCCC1. The third-order valence-corrected chi connectivity index (χ3v) is 7.63. The molecule has 1 aliphatic heterocycles. The van der Waals surface area contributed by atoms with Gasteiger partial charge >= 0.3 is 0 Å². The highest BCUT2D eigenvalue weighted by Gasteiger charge is 2.48. The molecule has 2 N–H and O–H groups in total. The molecule has 1 aromatic carbocycles. The van der Waals surface area contributed by atoms with E-state index in [9.17, 15) is 14.4 Å². The van der Waals surface area contributed by atoms with Crippen LogP contribution in [0.1, 0.15) is 66.1 Å². The largest absolute Gasteiger partial charge is 0.351 e. The Morgan fingerprint density at radius 3 is 2.56 bits per heavy atom. The minimum atomic E-state index is -1.05. The molecule has 34 heavy (non-hydrogen) atoms. The van der Waals surface area contributed by atoms with E-state index in [0.717, 1.165) is 31.2 Å². The zero-order valence-electron chi connectivity index (χ0n) is 20.1. The van der Waals surface area contributed by atoms with Gasteiger partial charge in [-0.1, -0.05) is 25.0 Å². The maximum Gasteiger partial charge on any atom is 0.273 e. The highest BCUT2D eigenvalue weighted by atomic mass is 32.2. The van der Waals surface area contributed by atoms with Crippen LogP contribution in [0.4, 0.5) is 0 Å². The quantitative estimate of drug-likeness (QED) is 0.563. The Bertz CT molecular complexity index is 1060. The topological polar surface area (TPSA) is 96.3 Å². The normalized spacial score (nSPS) is 20.3. The van der Waals surface area contributed by atoms with Gasteiger partial charge in [0.25, 0.3) is 11.8 Å². The molecule has 182 valence electrons. The van der Waals surface area contributed by atoms with Gasteiger partial charge in [-0.15, -0.1) is 11.8 Å². The van der Waals surface area contributed by atoms with Crippen LogP contribution in [0.2, 0.25) is 0 Å². The van der Waals surface area contributed by atoms with E-state index < -0.39 is 5.54 Å². The lowest BCUT2D eigenvalue weighted by atomic mass is 9.94. The first-order valence-electron chi connectivity index (χ1n) is 12.0. The molecule has 2 aliphatic rings. The minimum Gasteiger partial charge on any atom is -0.351 e. The molecule has 0 radical (unpaired) electrons. The van der Waals surface area contributed by atoms with Gasteiger partial charge in [-0.2, -0.15) is 5.10 Å². The van der Waals surface area contributed by atoms with Gasteiger partial charge < -0.3 is 15.5 Å². The number of amides is 3.